The molecule has 120 valence electrons. The summed E-state index contributed by atoms with van der Waals surface area (Å²) < 4.78 is 1.83. The summed E-state index contributed by atoms with van der Waals surface area (Å²) in [6.45, 7) is 10.2. The van der Waals surface area contributed by atoms with Crippen LogP contribution in [0, 0.1) is 11.3 Å². The van der Waals surface area contributed by atoms with Crippen LogP contribution in [0.5, 0.6) is 0 Å². The molecule has 0 saturated heterocycles. The summed E-state index contributed by atoms with van der Waals surface area (Å²) in [5, 5.41) is 4.16. The molecule has 0 aliphatic carbocycles. The maximum Gasteiger partial charge on any atom is 0.140 e. The zero-order valence-electron chi connectivity index (χ0n) is 13.9. The number of ketones is 1. The molecule has 2 N–H and O–H groups in total. The summed E-state index contributed by atoms with van der Waals surface area (Å²) in [7, 11) is 0. The second-order valence-electron chi connectivity index (χ2n) is 6.79. The van der Waals surface area contributed by atoms with E-state index < -0.39 is 0 Å². The minimum atomic E-state index is 0.196. The van der Waals surface area contributed by atoms with Gasteiger partial charge in [0.1, 0.15) is 17.9 Å². The first kappa shape index (κ1) is 17.8. The van der Waals surface area contributed by atoms with E-state index in [1.807, 2.05) is 4.68 Å². The fourth-order valence-electron chi connectivity index (χ4n) is 2.64. The molecule has 5 heteroatoms. The summed E-state index contributed by atoms with van der Waals surface area (Å²) in [5.74, 6) is 1.51. The Morgan fingerprint density at radius 3 is 2.67 bits per heavy atom. The molecule has 0 aliphatic rings. The van der Waals surface area contributed by atoms with Crippen LogP contribution in [0.25, 0.3) is 0 Å². The second-order valence-corrected chi connectivity index (χ2v) is 6.79. The van der Waals surface area contributed by atoms with Gasteiger partial charge in [0.2, 0.25) is 0 Å². The Morgan fingerprint density at radius 1 is 1.38 bits per heavy atom. The van der Waals surface area contributed by atoms with Crippen molar-refractivity contribution in [1.82, 2.24) is 14.8 Å². The normalized spacial score (nSPS) is 13.4. The van der Waals surface area contributed by atoms with E-state index in [9.17, 15) is 4.79 Å². The molecule has 0 aromatic carbocycles. The van der Waals surface area contributed by atoms with Crippen LogP contribution in [0.15, 0.2) is 6.33 Å². The molecule has 0 amide bonds. The van der Waals surface area contributed by atoms with Gasteiger partial charge < -0.3 is 5.73 Å². The number of aromatic nitrogens is 3. The fraction of sp³-hybridized carbons (Fsp3) is 0.812. The summed E-state index contributed by atoms with van der Waals surface area (Å²) in [5.41, 5.74) is 5.89. The third-order valence-corrected chi connectivity index (χ3v) is 4.00. The van der Waals surface area contributed by atoms with Crippen LogP contribution in [0.2, 0.25) is 0 Å². The van der Waals surface area contributed by atoms with Gasteiger partial charge in [0, 0.05) is 13.0 Å². The van der Waals surface area contributed by atoms with Crippen LogP contribution >= 0.6 is 0 Å². The molecule has 1 unspecified atom stereocenters. The van der Waals surface area contributed by atoms with Crippen LogP contribution < -0.4 is 5.73 Å². The summed E-state index contributed by atoms with van der Waals surface area (Å²) >= 11 is 0. The van der Waals surface area contributed by atoms with Crippen molar-refractivity contribution in [3.05, 3.63) is 12.2 Å². The highest BCUT2D eigenvalue weighted by Gasteiger charge is 2.24. The molecule has 21 heavy (non-hydrogen) atoms. The van der Waals surface area contributed by atoms with Crippen molar-refractivity contribution in [3.8, 4) is 0 Å². The average molecular weight is 294 g/mol. The maximum absolute atomic E-state index is 12.2. The molecular weight excluding hydrogens is 264 g/mol. The van der Waals surface area contributed by atoms with Gasteiger partial charge >= 0.3 is 0 Å². The number of aryl methyl sites for hydroxylation is 1. The number of carbonyl (C=O) groups is 1. The molecule has 1 heterocycles. The van der Waals surface area contributed by atoms with Gasteiger partial charge in [-0.15, -0.1) is 0 Å². The number of carbonyl (C=O) groups excluding carboxylic acids is 1. The molecule has 1 atom stereocenters. The van der Waals surface area contributed by atoms with E-state index in [0.29, 0.717) is 25.3 Å². The number of nitrogens with zero attached hydrogens (tertiary/aromatic N) is 3. The Balaban J connectivity index is 2.51. The van der Waals surface area contributed by atoms with E-state index in [0.717, 1.165) is 31.6 Å². The lowest BCUT2D eigenvalue weighted by molar-refractivity contribution is -0.119. The van der Waals surface area contributed by atoms with Gasteiger partial charge in [0.25, 0.3) is 0 Å². The minimum Gasteiger partial charge on any atom is -0.330 e. The molecular formula is C16H30N4O. The minimum absolute atomic E-state index is 0.196. The largest absolute Gasteiger partial charge is 0.330 e. The van der Waals surface area contributed by atoms with E-state index in [4.69, 9.17) is 5.73 Å². The Bertz CT molecular complexity index is 434. The number of hydrogen-bond donors (Lipinski definition) is 1. The van der Waals surface area contributed by atoms with Crippen molar-refractivity contribution in [2.45, 2.75) is 66.3 Å². The zero-order chi connectivity index (χ0) is 15.9. The third kappa shape index (κ3) is 5.96. The molecule has 1 aromatic rings. The van der Waals surface area contributed by atoms with Gasteiger partial charge in [-0.2, -0.15) is 5.10 Å². The van der Waals surface area contributed by atoms with E-state index in [2.05, 4.69) is 37.8 Å². The van der Waals surface area contributed by atoms with Crippen molar-refractivity contribution in [2.75, 3.05) is 6.54 Å². The van der Waals surface area contributed by atoms with E-state index in [1.54, 1.807) is 0 Å². The smallest absolute Gasteiger partial charge is 0.140 e. The first-order valence-electron chi connectivity index (χ1n) is 7.97. The standard InChI is InChI=1S/C16H30N4O/c1-5-10-20-15(18-12-19-20)11-14(21)7-6-13(8-9-17)16(2,3)4/h12-13H,5-11,17H2,1-4H3. The van der Waals surface area contributed by atoms with Gasteiger partial charge in [-0.1, -0.05) is 27.7 Å². The Kier molecular flexibility index (Phi) is 7.02. The number of nitrogens with two attached hydrogens (primary N) is 1. The van der Waals surface area contributed by atoms with Crippen molar-refractivity contribution < 1.29 is 4.79 Å². The quantitative estimate of drug-likeness (QED) is 0.759. The van der Waals surface area contributed by atoms with Crippen LogP contribution in [-0.2, 0) is 17.8 Å². The SMILES string of the molecule is CCCn1ncnc1CC(=O)CCC(CCN)C(C)(C)C. The second kappa shape index (κ2) is 8.27. The number of hydrogen-bond acceptors (Lipinski definition) is 4. The van der Waals surface area contributed by atoms with Crippen molar-refractivity contribution >= 4 is 5.78 Å². The molecule has 0 radical (unpaired) electrons. The lowest BCUT2D eigenvalue weighted by atomic mass is 9.76. The van der Waals surface area contributed by atoms with Gasteiger partial charge in [-0.3, -0.25) is 4.79 Å². The van der Waals surface area contributed by atoms with E-state index >= 15 is 0 Å². The first-order valence-corrected chi connectivity index (χ1v) is 7.97. The molecule has 0 saturated carbocycles. The molecule has 5 nitrogen and oxygen atoms in total. The van der Waals surface area contributed by atoms with Crippen molar-refractivity contribution in [3.63, 3.8) is 0 Å². The van der Waals surface area contributed by atoms with Crippen LogP contribution in [0.4, 0.5) is 0 Å². The molecule has 1 aromatic heterocycles. The molecule has 0 bridgehead atoms. The van der Waals surface area contributed by atoms with Crippen molar-refractivity contribution in [2.24, 2.45) is 17.1 Å². The van der Waals surface area contributed by atoms with Gasteiger partial charge in [-0.25, -0.2) is 9.67 Å². The molecule has 1 rings (SSSR count). The van der Waals surface area contributed by atoms with Gasteiger partial charge in [0.05, 0.1) is 6.42 Å². The van der Waals surface area contributed by atoms with Crippen LogP contribution in [0.3, 0.4) is 0 Å². The molecule has 0 fully saturated rings. The monoisotopic (exact) mass is 294 g/mol. The summed E-state index contributed by atoms with van der Waals surface area (Å²) in [6.07, 6.45) is 5.39. The van der Waals surface area contributed by atoms with Crippen molar-refractivity contribution in [1.29, 1.82) is 0 Å². The van der Waals surface area contributed by atoms with E-state index in [-0.39, 0.29) is 11.2 Å². The highest BCUT2D eigenvalue weighted by Crippen LogP contribution is 2.32. The van der Waals surface area contributed by atoms with Gasteiger partial charge in [0.15, 0.2) is 0 Å². The fourth-order valence-corrected chi connectivity index (χ4v) is 2.64. The Morgan fingerprint density at radius 2 is 2.10 bits per heavy atom. The lowest BCUT2D eigenvalue weighted by Crippen LogP contribution is -2.24. The first-order chi connectivity index (χ1) is 9.88. The molecule has 0 spiro atoms. The summed E-state index contributed by atoms with van der Waals surface area (Å²) in [4.78, 5) is 16.4. The lowest BCUT2D eigenvalue weighted by Gasteiger charge is -2.30. The van der Waals surface area contributed by atoms with Crippen LogP contribution in [0.1, 0.15) is 59.2 Å². The highest BCUT2D eigenvalue weighted by atomic mass is 16.1. The maximum atomic E-state index is 12.2. The zero-order valence-corrected chi connectivity index (χ0v) is 13.9. The Hall–Kier alpha value is -1.23. The summed E-state index contributed by atoms with van der Waals surface area (Å²) in [6, 6.07) is 0. The third-order valence-electron chi connectivity index (χ3n) is 4.00. The predicted octanol–water partition coefficient (Wildman–Crippen LogP) is 2.59. The predicted molar refractivity (Wildman–Crippen MR) is 84.9 cm³/mol. The van der Waals surface area contributed by atoms with E-state index in [1.165, 1.54) is 6.33 Å². The van der Waals surface area contributed by atoms with Crippen LogP contribution in [-0.4, -0.2) is 27.1 Å². The number of rotatable bonds is 9. The Labute approximate surface area is 128 Å². The average Bonchev–Trinajstić information content (AvgIpc) is 2.81. The molecule has 0 aliphatic heterocycles. The topological polar surface area (TPSA) is 73.8 Å². The number of Topliss-reactive ketones (excluding diaryl/α,β-unsaturated/α-hetero) is 1. The highest BCUT2D eigenvalue weighted by molar-refractivity contribution is 5.80. The van der Waals surface area contributed by atoms with Gasteiger partial charge in [-0.05, 0) is 37.1 Å².